The van der Waals surface area contributed by atoms with Crippen LogP contribution in [0.15, 0.2) is 29.4 Å². The van der Waals surface area contributed by atoms with Crippen LogP contribution in [0, 0.1) is 10.1 Å². The van der Waals surface area contributed by atoms with Crippen LogP contribution in [0.25, 0.3) is 27.4 Å². The molecule has 1 aromatic heterocycles. The summed E-state index contributed by atoms with van der Waals surface area (Å²) in [4.78, 5) is 12.9. The van der Waals surface area contributed by atoms with Gasteiger partial charge in [0.15, 0.2) is 5.52 Å². The van der Waals surface area contributed by atoms with Crippen molar-refractivity contribution >= 4 is 22.7 Å². The highest BCUT2D eigenvalue weighted by Gasteiger charge is 2.15. The van der Waals surface area contributed by atoms with E-state index in [0.29, 0.717) is 16.6 Å². The molecule has 8 heteroatoms. The second kappa shape index (κ2) is 4.98. The Kier molecular flexibility index (Phi) is 3.22. The first-order valence-electron chi connectivity index (χ1n) is 5.03. The van der Waals surface area contributed by atoms with Gasteiger partial charge in [-0.25, -0.2) is 0 Å². The fraction of sp³-hybridized carbons (Fsp3) is 0.100. The zero-order valence-electron chi connectivity index (χ0n) is 9.15. The van der Waals surface area contributed by atoms with Crippen LogP contribution in [-0.4, -0.2) is 21.7 Å². The Hall–Kier alpha value is -2.86. The first-order valence-corrected chi connectivity index (χ1v) is 5.03. The molecule has 0 bridgehead atoms. The van der Waals surface area contributed by atoms with E-state index in [1.165, 1.54) is 6.07 Å². The zero-order valence-corrected chi connectivity index (χ0v) is 9.15. The molecule has 0 saturated heterocycles. The van der Waals surface area contributed by atoms with Gasteiger partial charge in [-0.1, -0.05) is 23.3 Å². The van der Waals surface area contributed by atoms with Crippen molar-refractivity contribution in [3.05, 3.63) is 50.5 Å². The van der Waals surface area contributed by atoms with E-state index in [9.17, 15) is 10.1 Å². The Bertz CT molecular complexity index is 668. The summed E-state index contributed by atoms with van der Waals surface area (Å²) >= 11 is 0. The standard InChI is InChI=1S/C10H8N6O2/c11-15-12-6-2-4-8-7-3-1-5-9(16(17)18)10(7)14-13-8/h1-5H,6H2,(H,13,14). The number of fused-ring (bicyclic) bond motifs is 1. The normalized spacial score (nSPS) is 10.7. The van der Waals surface area contributed by atoms with Crippen molar-refractivity contribution in [3.8, 4) is 0 Å². The Balaban J connectivity index is 2.42. The number of H-pyrrole nitrogens is 1. The summed E-state index contributed by atoms with van der Waals surface area (Å²) in [5.41, 5.74) is 9.03. The van der Waals surface area contributed by atoms with E-state index >= 15 is 0 Å². The van der Waals surface area contributed by atoms with Crippen LogP contribution < -0.4 is 0 Å². The lowest BCUT2D eigenvalue weighted by molar-refractivity contribution is -0.383. The van der Waals surface area contributed by atoms with Gasteiger partial charge in [-0.2, -0.15) is 5.10 Å². The number of non-ortho nitro benzene ring substituents is 1. The summed E-state index contributed by atoms with van der Waals surface area (Å²) < 4.78 is 0. The number of azide groups is 1. The van der Waals surface area contributed by atoms with Gasteiger partial charge in [0.1, 0.15) is 0 Å². The van der Waals surface area contributed by atoms with Gasteiger partial charge in [0.25, 0.3) is 5.69 Å². The smallest absolute Gasteiger partial charge is 0.277 e. The fourth-order valence-corrected chi connectivity index (χ4v) is 1.57. The van der Waals surface area contributed by atoms with Gasteiger partial charge in [-0.3, -0.25) is 15.2 Å². The summed E-state index contributed by atoms with van der Waals surface area (Å²) in [7, 11) is 0. The molecule has 2 aromatic rings. The molecule has 0 aliphatic carbocycles. The molecule has 0 aliphatic rings. The van der Waals surface area contributed by atoms with Crippen molar-refractivity contribution < 1.29 is 4.92 Å². The Morgan fingerprint density at radius 1 is 1.61 bits per heavy atom. The maximum absolute atomic E-state index is 10.8. The van der Waals surface area contributed by atoms with Gasteiger partial charge in [-0.15, -0.1) is 0 Å². The van der Waals surface area contributed by atoms with Crippen LogP contribution in [0.4, 0.5) is 5.69 Å². The average molecular weight is 244 g/mol. The highest BCUT2D eigenvalue weighted by atomic mass is 16.6. The molecular formula is C10H8N6O2. The number of hydrogen-bond acceptors (Lipinski definition) is 4. The summed E-state index contributed by atoms with van der Waals surface area (Å²) in [5, 5.41) is 21.4. The molecule has 90 valence electrons. The number of nitrogens with zero attached hydrogens (tertiary/aromatic N) is 5. The molecule has 0 spiro atoms. The van der Waals surface area contributed by atoms with Gasteiger partial charge >= 0.3 is 0 Å². The van der Waals surface area contributed by atoms with Crippen LogP contribution in [0.3, 0.4) is 0 Å². The number of rotatable bonds is 4. The lowest BCUT2D eigenvalue weighted by Crippen LogP contribution is -1.88. The molecule has 0 saturated carbocycles. The summed E-state index contributed by atoms with van der Waals surface area (Å²) in [5.74, 6) is 0. The molecular weight excluding hydrogens is 236 g/mol. The van der Waals surface area contributed by atoms with Crippen molar-refractivity contribution in [1.82, 2.24) is 10.2 Å². The summed E-state index contributed by atoms with van der Waals surface area (Å²) in [6, 6.07) is 4.73. The van der Waals surface area contributed by atoms with Crippen molar-refractivity contribution in [2.45, 2.75) is 0 Å². The number of nitro benzene ring substituents is 1. The first kappa shape index (κ1) is 11.6. The second-order valence-electron chi connectivity index (χ2n) is 3.38. The first-order chi connectivity index (χ1) is 8.74. The predicted molar refractivity (Wildman–Crippen MR) is 65.8 cm³/mol. The topological polar surface area (TPSA) is 121 Å². The van der Waals surface area contributed by atoms with Crippen molar-refractivity contribution in [3.63, 3.8) is 0 Å². The minimum atomic E-state index is -0.476. The van der Waals surface area contributed by atoms with Crippen molar-refractivity contribution in [1.29, 1.82) is 0 Å². The van der Waals surface area contributed by atoms with Crippen LogP contribution in [-0.2, 0) is 0 Å². The third-order valence-electron chi connectivity index (χ3n) is 2.32. The monoisotopic (exact) mass is 244 g/mol. The molecule has 1 aromatic carbocycles. The van der Waals surface area contributed by atoms with Crippen LogP contribution in [0.1, 0.15) is 5.69 Å². The van der Waals surface area contributed by atoms with E-state index < -0.39 is 4.92 Å². The van der Waals surface area contributed by atoms with E-state index in [1.54, 1.807) is 24.3 Å². The van der Waals surface area contributed by atoms with Crippen LogP contribution >= 0.6 is 0 Å². The number of hydrogen-bond donors (Lipinski definition) is 1. The number of aromatic amines is 1. The van der Waals surface area contributed by atoms with E-state index in [2.05, 4.69) is 20.2 Å². The fourth-order valence-electron chi connectivity index (χ4n) is 1.57. The average Bonchev–Trinajstić information content (AvgIpc) is 2.77. The molecule has 1 heterocycles. The van der Waals surface area contributed by atoms with Gasteiger partial charge in [-0.05, 0) is 11.6 Å². The Morgan fingerprint density at radius 2 is 2.44 bits per heavy atom. The predicted octanol–water partition coefficient (Wildman–Crippen LogP) is 2.79. The highest BCUT2D eigenvalue weighted by Crippen LogP contribution is 2.25. The van der Waals surface area contributed by atoms with Crippen LogP contribution in [0.2, 0.25) is 0 Å². The number of aromatic nitrogens is 2. The number of benzene rings is 1. The molecule has 1 N–H and O–H groups in total. The SMILES string of the molecule is [N-]=[N+]=NCC=Cc1[nH]nc2c([N+](=O)[O-])cccc12. The molecule has 2 rings (SSSR count). The largest absolute Gasteiger partial charge is 0.297 e. The molecule has 0 atom stereocenters. The molecule has 0 amide bonds. The van der Waals surface area contributed by atoms with E-state index in [4.69, 9.17) is 5.53 Å². The molecule has 0 aliphatic heterocycles. The van der Waals surface area contributed by atoms with Crippen molar-refractivity contribution in [2.75, 3.05) is 6.54 Å². The van der Waals surface area contributed by atoms with E-state index in [-0.39, 0.29) is 12.2 Å². The summed E-state index contributed by atoms with van der Waals surface area (Å²) in [6.07, 6.45) is 3.32. The van der Waals surface area contributed by atoms with Gasteiger partial charge in [0.2, 0.25) is 0 Å². The lowest BCUT2D eigenvalue weighted by atomic mass is 10.2. The molecule has 0 radical (unpaired) electrons. The van der Waals surface area contributed by atoms with Crippen LogP contribution in [0.5, 0.6) is 0 Å². The minimum Gasteiger partial charge on any atom is -0.277 e. The third kappa shape index (κ3) is 2.13. The van der Waals surface area contributed by atoms with Gasteiger partial charge < -0.3 is 0 Å². The van der Waals surface area contributed by atoms with Crippen molar-refractivity contribution in [2.24, 2.45) is 5.11 Å². The molecule has 8 nitrogen and oxygen atoms in total. The molecule has 0 unspecified atom stereocenters. The maximum Gasteiger partial charge on any atom is 0.297 e. The Morgan fingerprint density at radius 3 is 3.17 bits per heavy atom. The Labute approximate surface area is 101 Å². The van der Waals surface area contributed by atoms with Gasteiger partial charge in [0.05, 0.1) is 10.6 Å². The quantitative estimate of drug-likeness (QED) is 0.292. The van der Waals surface area contributed by atoms with E-state index in [0.717, 1.165) is 0 Å². The zero-order chi connectivity index (χ0) is 13.0. The number of nitrogens with one attached hydrogen (secondary N) is 1. The third-order valence-corrected chi connectivity index (χ3v) is 2.32. The minimum absolute atomic E-state index is 0.0431. The number of para-hydroxylation sites is 1. The second-order valence-corrected chi connectivity index (χ2v) is 3.38. The summed E-state index contributed by atoms with van der Waals surface area (Å²) in [6.45, 7) is 0.214. The molecule has 18 heavy (non-hydrogen) atoms. The van der Waals surface area contributed by atoms with Gasteiger partial charge in [0, 0.05) is 22.9 Å². The van der Waals surface area contributed by atoms with E-state index in [1.807, 2.05) is 0 Å². The lowest BCUT2D eigenvalue weighted by Gasteiger charge is -1.92. The maximum atomic E-state index is 10.8. The number of nitro groups is 1. The highest BCUT2D eigenvalue weighted by molar-refractivity contribution is 5.92. The molecule has 0 fully saturated rings.